The Morgan fingerprint density at radius 1 is 1.05 bits per heavy atom. The molecule has 0 saturated heterocycles. The van der Waals surface area contributed by atoms with E-state index in [-0.39, 0.29) is 6.10 Å². The van der Waals surface area contributed by atoms with E-state index in [1.807, 2.05) is 54.6 Å². The number of thiol groups is 1. The molecule has 20 heavy (non-hydrogen) atoms. The third-order valence-electron chi connectivity index (χ3n) is 3.27. The second-order valence-electron chi connectivity index (χ2n) is 4.65. The molecule has 0 N–H and O–H groups in total. The SMILES string of the molecule is FC[C@H]1N=C(c2ccccc2)O[C@@H]1c1ccc(S)cc1. The van der Waals surface area contributed by atoms with Gasteiger partial charge in [-0.25, -0.2) is 9.38 Å². The molecule has 1 aliphatic heterocycles. The fourth-order valence-corrected chi connectivity index (χ4v) is 2.39. The molecule has 0 radical (unpaired) electrons. The van der Waals surface area contributed by atoms with Gasteiger partial charge in [0.25, 0.3) is 0 Å². The van der Waals surface area contributed by atoms with Crippen molar-refractivity contribution in [2.45, 2.75) is 17.0 Å². The van der Waals surface area contributed by atoms with Crippen molar-refractivity contribution in [3.8, 4) is 0 Å². The van der Waals surface area contributed by atoms with E-state index in [2.05, 4.69) is 17.6 Å². The van der Waals surface area contributed by atoms with Crippen LogP contribution in [0.3, 0.4) is 0 Å². The summed E-state index contributed by atoms with van der Waals surface area (Å²) in [6.07, 6.45) is -0.371. The van der Waals surface area contributed by atoms with Crippen LogP contribution in [0.1, 0.15) is 17.2 Å². The molecular weight excluding hydrogens is 273 g/mol. The molecule has 0 bridgehead atoms. The first-order valence-electron chi connectivity index (χ1n) is 6.42. The Bertz CT molecular complexity index is 612. The molecule has 0 amide bonds. The second-order valence-corrected chi connectivity index (χ2v) is 5.17. The summed E-state index contributed by atoms with van der Waals surface area (Å²) in [6.45, 7) is -0.538. The lowest BCUT2D eigenvalue weighted by Crippen LogP contribution is -2.16. The predicted molar refractivity (Wildman–Crippen MR) is 80.3 cm³/mol. The molecule has 2 nitrogen and oxygen atoms in total. The highest BCUT2D eigenvalue weighted by molar-refractivity contribution is 7.80. The van der Waals surface area contributed by atoms with Crippen LogP contribution in [0.5, 0.6) is 0 Å². The molecule has 0 aromatic heterocycles. The van der Waals surface area contributed by atoms with Crippen LogP contribution in [-0.4, -0.2) is 18.6 Å². The van der Waals surface area contributed by atoms with Gasteiger partial charge in [0.05, 0.1) is 0 Å². The molecule has 102 valence electrons. The van der Waals surface area contributed by atoms with Crippen molar-refractivity contribution in [2.24, 2.45) is 4.99 Å². The summed E-state index contributed by atoms with van der Waals surface area (Å²) < 4.78 is 19.1. The van der Waals surface area contributed by atoms with Gasteiger partial charge in [0.2, 0.25) is 5.90 Å². The molecule has 2 atom stereocenters. The number of ether oxygens (including phenoxy) is 1. The molecule has 0 unspecified atom stereocenters. The van der Waals surface area contributed by atoms with E-state index in [0.717, 1.165) is 16.0 Å². The van der Waals surface area contributed by atoms with Crippen molar-refractivity contribution < 1.29 is 9.13 Å². The zero-order chi connectivity index (χ0) is 13.9. The van der Waals surface area contributed by atoms with Gasteiger partial charge in [0.15, 0.2) is 6.10 Å². The van der Waals surface area contributed by atoms with Gasteiger partial charge in [-0.05, 0) is 29.8 Å². The van der Waals surface area contributed by atoms with Crippen molar-refractivity contribution >= 4 is 18.5 Å². The number of alkyl halides is 1. The molecule has 1 heterocycles. The van der Waals surface area contributed by atoms with Crippen LogP contribution < -0.4 is 0 Å². The largest absolute Gasteiger partial charge is 0.467 e. The van der Waals surface area contributed by atoms with E-state index in [0.29, 0.717) is 5.90 Å². The summed E-state index contributed by atoms with van der Waals surface area (Å²) >= 11 is 4.25. The Balaban J connectivity index is 1.87. The average Bonchev–Trinajstić information content (AvgIpc) is 2.93. The number of hydrogen-bond donors (Lipinski definition) is 1. The summed E-state index contributed by atoms with van der Waals surface area (Å²) in [6, 6.07) is 16.6. The lowest BCUT2D eigenvalue weighted by molar-refractivity contribution is 0.180. The predicted octanol–water partition coefficient (Wildman–Crippen LogP) is 3.83. The zero-order valence-electron chi connectivity index (χ0n) is 10.7. The monoisotopic (exact) mass is 287 g/mol. The van der Waals surface area contributed by atoms with Crippen LogP contribution in [0.15, 0.2) is 64.5 Å². The first-order valence-corrected chi connectivity index (χ1v) is 6.87. The molecule has 0 aliphatic carbocycles. The van der Waals surface area contributed by atoms with Gasteiger partial charge < -0.3 is 4.74 Å². The van der Waals surface area contributed by atoms with Crippen LogP contribution in [-0.2, 0) is 4.74 Å². The van der Waals surface area contributed by atoms with Crippen LogP contribution in [0.4, 0.5) is 4.39 Å². The Hall–Kier alpha value is -1.81. The summed E-state index contributed by atoms with van der Waals surface area (Å²) in [7, 11) is 0. The van der Waals surface area contributed by atoms with Crippen molar-refractivity contribution in [1.29, 1.82) is 0 Å². The lowest BCUT2D eigenvalue weighted by atomic mass is 10.0. The number of benzene rings is 2. The lowest BCUT2D eigenvalue weighted by Gasteiger charge is -2.16. The van der Waals surface area contributed by atoms with E-state index >= 15 is 0 Å². The molecule has 1 aliphatic rings. The molecule has 0 saturated carbocycles. The summed E-state index contributed by atoms with van der Waals surface area (Å²) in [5.74, 6) is 0.508. The van der Waals surface area contributed by atoms with E-state index in [1.54, 1.807) is 0 Å². The minimum Gasteiger partial charge on any atom is -0.467 e. The first-order chi connectivity index (χ1) is 9.78. The van der Waals surface area contributed by atoms with E-state index in [1.165, 1.54) is 0 Å². The average molecular weight is 287 g/mol. The van der Waals surface area contributed by atoms with Crippen LogP contribution >= 0.6 is 12.6 Å². The number of halogens is 1. The number of aliphatic imine (C=N–C) groups is 1. The maximum absolute atomic E-state index is 13.2. The molecule has 4 heteroatoms. The Labute approximate surface area is 122 Å². The van der Waals surface area contributed by atoms with Gasteiger partial charge in [0, 0.05) is 10.5 Å². The van der Waals surface area contributed by atoms with Gasteiger partial charge in [-0.15, -0.1) is 12.6 Å². The van der Waals surface area contributed by atoms with Gasteiger partial charge in [-0.2, -0.15) is 0 Å². The number of rotatable bonds is 3. The maximum atomic E-state index is 13.2. The van der Waals surface area contributed by atoms with E-state index in [9.17, 15) is 4.39 Å². The van der Waals surface area contributed by atoms with Crippen molar-refractivity contribution in [1.82, 2.24) is 0 Å². The molecular formula is C16H14FNOS. The minimum atomic E-state index is -0.538. The second kappa shape index (κ2) is 5.67. The quantitative estimate of drug-likeness (QED) is 0.851. The highest BCUT2D eigenvalue weighted by Crippen LogP contribution is 2.31. The summed E-state index contributed by atoms with van der Waals surface area (Å²) in [5, 5.41) is 0. The smallest absolute Gasteiger partial charge is 0.217 e. The van der Waals surface area contributed by atoms with Gasteiger partial charge >= 0.3 is 0 Å². The Morgan fingerprint density at radius 3 is 2.40 bits per heavy atom. The fourth-order valence-electron chi connectivity index (χ4n) is 2.24. The zero-order valence-corrected chi connectivity index (χ0v) is 11.6. The van der Waals surface area contributed by atoms with E-state index < -0.39 is 12.7 Å². The normalized spacial score (nSPS) is 21.4. The Morgan fingerprint density at radius 2 is 1.75 bits per heavy atom. The maximum Gasteiger partial charge on any atom is 0.217 e. The van der Waals surface area contributed by atoms with Crippen LogP contribution in [0.2, 0.25) is 0 Å². The molecule has 3 rings (SSSR count). The van der Waals surface area contributed by atoms with Gasteiger partial charge in [-0.3, -0.25) is 0 Å². The van der Waals surface area contributed by atoms with Crippen molar-refractivity contribution in [3.63, 3.8) is 0 Å². The fraction of sp³-hybridized carbons (Fsp3) is 0.188. The standard InChI is InChI=1S/C16H14FNOS/c17-10-14-15(11-6-8-13(20)9-7-11)19-16(18-14)12-4-2-1-3-5-12/h1-9,14-15,20H,10H2/t14-,15-/m1/s1. The molecule has 0 spiro atoms. The Kier molecular flexibility index (Phi) is 3.74. The van der Waals surface area contributed by atoms with E-state index in [4.69, 9.17) is 4.74 Å². The van der Waals surface area contributed by atoms with Gasteiger partial charge in [-0.1, -0.05) is 30.3 Å². The van der Waals surface area contributed by atoms with Crippen LogP contribution in [0, 0.1) is 0 Å². The first kappa shape index (κ1) is 13.2. The highest BCUT2D eigenvalue weighted by Gasteiger charge is 2.32. The number of nitrogens with zero attached hydrogens (tertiary/aromatic N) is 1. The topological polar surface area (TPSA) is 21.6 Å². The molecule has 2 aromatic rings. The summed E-state index contributed by atoms with van der Waals surface area (Å²) in [4.78, 5) is 5.23. The molecule has 0 fully saturated rings. The van der Waals surface area contributed by atoms with Crippen LogP contribution in [0.25, 0.3) is 0 Å². The van der Waals surface area contributed by atoms with Crippen molar-refractivity contribution in [3.05, 3.63) is 65.7 Å². The number of hydrogen-bond acceptors (Lipinski definition) is 3. The minimum absolute atomic E-state index is 0.371. The highest BCUT2D eigenvalue weighted by atomic mass is 32.1. The third kappa shape index (κ3) is 2.56. The third-order valence-corrected chi connectivity index (χ3v) is 3.57. The summed E-state index contributed by atoms with van der Waals surface area (Å²) in [5.41, 5.74) is 1.79. The van der Waals surface area contributed by atoms with Crippen molar-refractivity contribution in [2.75, 3.05) is 6.67 Å². The molecule has 2 aromatic carbocycles. The van der Waals surface area contributed by atoms with Gasteiger partial charge in [0.1, 0.15) is 12.7 Å².